The molecule has 0 spiro atoms. The van der Waals surface area contributed by atoms with Crippen LogP contribution in [0.25, 0.3) is 0 Å². The summed E-state index contributed by atoms with van der Waals surface area (Å²) >= 11 is 0. The zero-order chi connectivity index (χ0) is 18.9. The molecule has 0 aliphatic heterocycles. The standard InChI is InChI=1S/C17H27N3O4S/c1-13-6-8-16(9-7-13)20-25(23,24)12-14(2)17(22)19-11-5-4-10-18-15(3)21/h6-9,14,20H,4-5,10-12H2,1-3H3,(H,18,21)(H,19,22). The zero-order valence-electron chi connectivity index (χ0n) is 15.0. The van der Waals surface area contributed by atoms with Crippen molar-refractivity contribution in [3.05, 3.63) is 29.8 Å². The molecule has 0 aromatic heterocycles. The number of aryl methyl sites for hydroxylation is 1. The highest BCUT2D eigenvalue weighted by molar-refractivity contribution is 7.92. The maximum atomic E-state index is 12.1. The van der Waals surface area contributed by atoms with E-state index in [1.165, 1.54) is 6.92 Å². The van der Waals surface area contributed by atoms with E-state index in [1.807, 2.05) is 19.1 Å². The average molecular weight is 369 g/mol. The molecule has 0 radical (unpaired) electrons. The summed E-state index contributed by atoms with van der Waals surface area (Å²) in [4.78, 5) is 22.7. The van der Waals surface area contributed by atoms with E-state index < -0.39 is 15.9 Å². The third kappa shape index (κ3) is 9.09. The third-order valence-electron chi connectivity index (χ3n) is 3.52. The minimum absolute atomic E-state index is 0.0797. The number of rotatable bonds is 10. The molecule has 1 rings (SSSR count). The summed E-state index contributed by atoms with van der Waals surface area (Å²) in [5.74, 6) is -1.31. The van der Waals surface area contributed by atoms with Crippen molar-refractivity contribution in [3.8, 4) is 0 Å². The van der Waals surface area contributed by atoms with Gasteiger partial charge in [-0.1, -0.05) is 24.6 Å². The zero-order valence-corrected chi connectivity index (χ0v) is 15.8. The first-order valence-corrected chi connectivity index (χ1v) is 9.94. The number of hydrogen-bond donors (Lipinski definition) is 3. The second kappa shape index (κ2) is 10.0. The van der Waals surface area contributed by atoms with Crippen LogP contribution in [0.4, 0.5) is 5.69 Å². The van der Waals surface area contributed by atoms with Gasteiger partial charge in [0.15, 0.2) is 0 Å². The Hall–Kier alpha value is -2.09. The third-order valence-corrected chi connectivity index (χ3v) is 5.00. The fourth-order valence-electron chi connectivity index (χ4n) is 2.15. The smallest absolute Gasteiger partial charge is 0.233 e. The van der Waals surface area contributed by atoms with Crippen molar-refractivity contribution >= 4 is 27.5 Å². The number of unbranched alkanes of at least 4 members (excludes halogenated alkanes) is 1. The van der Waals surface area contributed by atoms with Gasteiger partial charge in [0.1, 0.15) is 0 Å². The summed E-state index contributed by atoms with van der Waals surface area (Å²) in [6, 6.07) is 7.00. The molecule has 0 heterocycles. The van der Waals surface area contributed by atoms with E-state index in [4.69, 9.17) is 0 Å². The highest BCUT2D eigenvalue weighted by atomic mass is 32.2. The van der Waals surface area contributed by atoms with E-state index in [0.717, 1.165) is 12.0 Å². The molecule has 0 bridgehead atoms. The quantitative estimate of drug-likeness (QED) is 0.542. The minimum atomic E-state index is -3.60. The van der Waals surface area contributed by atoms with Crippen LogP contribution in [0.15, 0.2) is 24.3 Å². The van der Waals surface area contributed by atoms with Crippen molar-refractivity contribution in [2.75, 3.05) is 23.6 Å². The lowest BCUT2D eigenvalue weighted by Crippen LogP contribution is -2.35. The van der Waals surface area contributed by atoms with E-state index in [-0.39, 0.29) is 17.6 Å². The average Bonchev–Trinajstić information content (AvgIpc) is 2.51. The van der Waals surface area contributed by atoms with E-state index in [2.05, 4.69) is 15.4 Å². The highest BCUT2D eigenvalue weighted by Crippen LogP contribution is 2.12. The van der Waals surface area contributed by atoms with Crippen molar-refractivity contribution in [3.63, 3.8) is 0 Å². The molecule has 8 heteroatoms. The number of nitrogens with one attached hydrogen (secondary N) is 3. The molecular formula is C17H27N3O4S. The van der Waals surface area contributed by atoms with Gasteiger partial charge in [0, 0.05) is 25.7 Å². The summed E-state index contributed by atoms with van der Waals surface area (Å²) in [6.45, 7) is 5.97. The van der Waals surface area contributed by atoms with Crippen LogP contribution in [0.1, 0.15) is 32.3 Å². The van der Waals surface area contributed by atoms with Crippen LogP contribution in [0.3, 0.4) is 0 Å². The number of sulfonamides is 1. The molecule has 1 atom stereocenters. The largest absolute Gasteiger partial charge is 0.356 e. The van der Waals surface area contributed by atoms with Crippen molar-refractivity contribution in [1.29, 1.82) is 0 Å². The van der Waals surface area contributed by atoms with E-state index in [9.17, 15) is 18.0 Å². The van der Waals surface area contributed by atoms with Crippen molar-refractivity contribution in [2.45, 2.75) is 33.6 Å². The monoisotopic (exact) mass is 369 g/mol. The molecule has 0 fully saturated rings. The molecule has 140 valence electrons. The first-order valence-electron chi connectivity index (χ1n) is 8.29. The second-order valence-electron chi connectivity index (χ2n) is 6.13. The van der Waals surface area contributed by atoms with Gasteiger partial charge >= 0.3 is 0 Å². The van der Waals surface area contributed by atoms with Gasteiger partial charge in [-0.15, -0.1) is 0 Å². The molecule has 1 unspecified atom stereocenters. The molecular weight excluding hydrogens is 342 g/mol. The fraction of sp³-hybridized carbons (Fsp3) is 0.529. The van der Waals surface area contributed by atoms with Crippen LogP contribution in [-0.2, 0) is 19.6 Å². The van der Waals surface area contributed by atoms with Crippen LogP contribution >= 0.6 is 0 Å². The van der Waals surface area contributed by atoms with Crippen LogP contribution in [0, 0.1) is 12.8 Å². The molecule has 25 heavy (non-hydrogen) atoms. The van der Waals surface area contributed by atoms with E-state index in [1.54, 1.807) is 19.1 Å². The van der Waals surface area contributed by atoms with E-state index >= 15 is 0 Å². The number of anilines is 1. The Morgan fingerprint density at radius 2 is 1.60 bits per heavy atom. The Morgan fingerprint density at radius 1 is 1.04 bits per heavy atom. The summed E-state index contributed by atoms with van der Waals surface area (Å²) in [6.07, 6.45) is 1.47. The number of hydrogen-bond acceptors (Lipinski definition) is 4. The van der Waals surface area contributed by atoms with Crippen LogP contribution in [0.5, 0.6) is 0 Å². The molecule has 0 saturated heterocycles. The predicted molar refractivity (Wildman–Crippen MR) is 98.7 cm³/mol. The molecule has 1 aromatic carbocycles. The van der Waals surface area contributed by atoms with Crippen molar-refractivity contribution in [2.24, 2.45) is 5.92 Å². The lowest BCUT2D eigenvalue weighted by Gasteiger charge is -2.14. The molecule has 0 aliphatic rings. The highest BCUT2D eigenvalue weighted by Gasteiger charge is 2.21. The van der Waals surface area contributed by atoms with Gasteiger partial charge in [-0.05, 0) is 31.9 Å². The number of carbonyl (C=O) groups excluding carboxylic acids is 2. The van der Waals surface area contributed by atoms with Gasteiger partial charge in [0.05, 0.1) is 11.7 Å². The molecule has 1 aromatic rings. The van der Waals surface area contributed by atoms with Gasteiger partial charge in [0.25, 0.3) is 0 Å². The maximum absolute atomic E-state index is 12.1. The summed E-state index contributed by atoms with van der Waals surface area (Å²) in [7, 11) is -3.60. The van der Waals surface area contributed by atoms with Gasteiger partial charge in [0.2, 0.25) is 21.8 Å². The van der Waals surface area contributed by atoms with Gasteiger partial charge in [-0.3, -0.25) is 14.3 Å². The second-order valence-corrected chi connectivity index (χ2v) is 7.90. The maximum Gasteiger partial charge on any atom is 0.233 e. The lowest BCUT2D eigenvalue weighted by molar-refractivity contribution is -0.124. The van der Waals surface area contributed by atoms with Crippen molar-refractivity contribution in [1.82, 2.24) is 10.6 Å². The molecule has 3 N–H and O–H groups in total. The SMILES string of the molecule is CC(=O)NCCCCNC(=O)C(C)CS(=O)(=O)Nc1ccc(C)cc1. The van der Waals surface area contributed by atoms with Crippen LogP contribution < -0.4 is 15.4 Å². The first-order chi connectivity index (χ1) is 11.7. The van der Waals surface area contributed by atoms with Crippen LogP contribution in [0.2, 0.25) is 0 Å². The summed E-state index contributed by atoms with van der Waals surface area (Å²) < 4.78 is 26.8. The number of amides is 2. The number of carbonyl (C=O) groups is 2. The Labute approximate surface area is 149 Å². The predicted octanol–water partition coefficient (Wildman–Crippen LogP) is 1.41. The summed E-state index contributed by atoms with van der Waals surface area (Å²) in [5.41, 5.74) is 1.52. The van der Waals surface area contributed by atoms with Gasteiger partial charge < -0.3 is 10.6 Å². The minimum Gasteiger partial charge on any atom is -0.356 e. The van der Waals surface area contributed by atoms with Gasteiger partial charge in [-0.2, -0.15) is 0 Å². The molecule has 0 aliphatic carbocycles. The van der Waals surface area contributed by atoms with Gasteiger partial charge in [-0.25, -0.2) is 8.42 Å². The fourth-order valence-corrected chi connectivity index (χ4v) is 3.54. The lowest BCUT2D eigenvalue weighted by atomic mass is 10.2. The normalized spacial score (nSPS) is 12.3. The Kier molecular flexibility index (Phi) is 8.40. The number of benzene rings is 1. The molecule has 0 saturated carbocycles. The summed E-state index contributed by atoms with van der Waals surface area (Å²) in [5, 5.41) is 5.40. The topological polar surface area (TPSA) is 104 Å². The van der Waals surface area contributed by atoms with Crippen molar-refractivity contribution < 1.29 is 18.0 Å². The molecule has 7 nitrogen and oxygen atoms in total. The Bertz CT molecular complexity index is 672. The van der Waals surface area contributed by atoms with Crippen LogP contribution in [-0.4, -0.2) is 39.1 Å². The van der Waals surface area contributed by atoms with E-state index in [0.29, 0.717) is 25.2 Å². The first kappa shape index (κ1) is 21.0. The Balaban J connectivity index is 2.35. The Morgan fingerprint density at radius 3 is 2.16 bits per heavy atom. The molecule has 2 amide bonds.